The average molecular weight is 398 g/mol. The summed E-state index contributed by atoms with van der Waals surface area (Å²) in [4.78, 5) is 28.5. The van der Waals surface area contributed by atoms with Gasteiger partial charge in [0.15, 0.2) is 5.13 Å². The standard InChI is InChI=1S/C21H23N3O3S/c1-12(2)19(22-13(3)25)20(26)24-21-23-17(11-28-21)15-9-10-18(27-4)16-8-6-5-7-14(15)16/h5-12,19H,1-4H3,(H,22,25)(H,23,24,26)/t19-/m1/s1. The van der Waals surface area contributed by atoms with Crippen LogP contribution in [0.1, 0.15) is 20.8 Å². The summed E-state index contributed by atoms with van der Waals surface area (Å²) in [7, 11) is 1.65. The van der Waals surface area contributed by atoms with E-state index in [1.54, 1.807) is 7.11 Å². The molecule has 6 nitrogen and oxygen atoms in total. The zero-order valence-corrected chi connectivity index (χ0v) is 17.1. The molecule has 146 valence electrons. The lowest BCUT2D eigenvalue weighted by atomic mass is 10.0. The smallest absolute Gasteiger partial charge is 0.248 e. The first kappa shape index (κ1) is 19.8. The lowest BCUT2D eigenvalue weighted by Crippen LogP contribution is -2.46. The zero-order valence-electron chi connectivity index (χ0n) is 16.3. The van der Waals surface area contributed by atoms with Crippen molar-refractivity contribution in [2.45, 2.75) is 26.8 Å². The van der Waals surface area contributed by atoms with Crippen LogP contribution in [0, 0.1) is 5.92 Å². The summed E-state index contributed by atoms with van der Waals surface area (Å²) in [6.07, 6.45) is 0. The highest BCUT2D eigenvalue weighted by Gasteiger charge is 2.24. The van der Waals surface area contributed by atoms with Crippen LogP contribution in [0.25, 0.3) is 22.0 Å². The Morgan fingerprint density at radius 1 is 1.11 bits per heavy atom. The molecule has 0 bridgehead atoms. The van der Waals surface area contributed by atoms with Crippen LogP contribution in [0.5, 0.6) is 5.75 Å². The minimum Gasteiger partial charge on any atom is -0.496 e. The van der Waals surface area contributed by atoms with Gasteiger partial charge in [0.1, 0.15) is 11.8 Å². The molecule has 1 atom stereocenters. The molecule has 3 aromatic rings. The lowest BCUT2D eigenvalue weighted by Gasteiger charge is -2.20. The molecule has 3 rings (SSSR count). The van der Waals surface area contributed by atoms with Gasteiger partial charge in [-0.3, -0.25) is 9.59 Å². The molecule has 0 unspecified atom stereocenters. The Morgan fingerprint density at radius 3 is 2.46 bits per heavy atom. The molecule has 7 heteroatoms. The Kier molecular flexibility index (Phi) is 5.94. The molecule has 0 radical (unpaired) electrons. The van der Waals surface area contributed by atoms with Crippen molar-refractivity contribution in [3.8, 4) is 17.0 Å². The monoisotopic (exact) mass is 397 g/mol. The van der Waals surface area contributed by atoms with Crippen LogP contribution in [-0.4, -0.2) is 29.9 Å². The highest BCUT2D eigenvalue weighted by Crippen LogP contribution is 2.35. The third-order valence-corrected chi connectivity index (χ3v) is 5.18. The van der Waals surface area contributed by atoms with Gasteiger partial charge in [-0.1, -0.05) is 38.1 Å². The van der Waals surface area contributed by atoms with Crippen molar-refractivity contribution in [2.24, 2.45) is 5.92 Å². The molecule has 28 heavy (non-hydrogen) atoms. The number of methoxy groups -OCH3 is 1. The number of aromatic nitrogens is 1. The van der Waals surface area contributed by atoms with Gasteiger partial charge in [0, 0.05) is 23.3 Å². The second-order valence-corrected chi connectivity index (χ2v) is 7.67. The highest BCUT2D eigenvalue weighted by atomic mass is 32.1. The van der Waals surface area contributed by atoms with Crippen LogP contribution in [0.3, 0.4) is 0 Å². The number of nitrogens with one attached hydrogen (secondary N) is 2. The molecule has 2 N–H and O–H groups in total. The summed E-state index contributed by atoms with van der Waals surface area (Å²) in [5, 5.41) is 9.95. The van der Waals surface area contributed by atoms with Gasteiger partial charge < -0.3 is 15.4 Å². The highest BCUT2D eigenvalue weighted by molar-refractivity contribution is 7.14. The first-order chi connectivity index (χ1) is 13.4. The van der Waals surface area contributed by atoms with Crippen molar-refractivity contribution in [2.75, 3.05) is 12.4 Å². The first-order valence-electron chi connectivity index (χ1n) is 9.00. The zero-order chi connectivity index (χ0) is 20.3. The van der Waals surface area contributed by atoms with Gasteiger partial charge in [-0.2, -0.15) is 0 Å². The van der Waals surface area contributed by atoms with Gasteiger partial charge in [0.05, 0.1) is 12.8 Å². The summed E-state index contributed by atoms with van der Waals surface area (Å²) in [5.41, 5.74) is 1.75. The molecule has 0 spiro atoms. The van der Waals surface area contributed by atoms with Crippen molar-refractivity contribution < 1.29 is 14.3 Å². The second kappa shape index (κ2) is 8.39. The molecule has 0 saturated heterocycles. The van der Waals surface area contributed by atoms with E-state index < -0.39 is 6.04 Å². The molecule has 2 aromatic carbocycles. The number of benzene rings is 2. The minimum atomic E-state index is -0.605. The second-order valence-electron chi connectivity index (χ2n) is 6.81. The number of thiazole rings is 1. The molecular weight excluding hydrogens is 374 g/mol. The van der Waals surface area contributed by atoms with Gasteiger partial charge in [0.2, 0.25) is 11.8 Å². The maximum absolute atomic E-state index is 12.6. The van der Waals surface area contributed by atoms with E-state index in [0.717, 1.165) is 27.8 Å². The first-order valence-corrected chi connectivity index (χ1v) is 9.88. The number of anilines is 1. The summed E-state index contributed by atoms with van der Waals surface area (Å²) in [5.74, 6) is 0.260. The number of nitrogens with zero attached hydrogens (tertiary/aromatic N) is 1. The van der Waals surface area contributed by atoms with Crippen LogP contribution >= 0.6 is 11.3 Å². The number of amides is 2. The van der Waals surface area contributed by atoms with E-state index in [1.807, 2.05) is 55.6 Å². The van der Waals surface area contributed by atoms with Crippen LogP contribution in [-0.2, 0) is 9.59 Å². The SMILES string of the molecule is COc1ccc(-c2csc(NC(=O)[C@H](NC(C)=O)C(C)C)n2)c2ccccc12. The largest absolute Gasteiger partial charge is 0.496 e. The molecule has 0 aliphatic rings. The van der Waals surface area contributed by atoms with E-state index in [9.17, 15) is 9.59 Å². The van der Waals surface area contributed by atoms with Gasteiger partial charge in [0.25, 0.3) is 0 Å². The minimum absolute atomic E-state index is 0.0335. The Hall–Kier alpha value is -2.93. The number of fused-ring (bicyclic) bond motifs is 1. The Bertz CT molecular complexity index is 1010. The van der Waals surface area contributed by atoms with Crippen molar-refractivity contribution in [3.05, 3.63) is 41.8 Å². The lowest BCUT2D eigenvalue weighted by molar-refractivity contribution is -0.126. The fourth-order valence-corrected chi connectivity index (χ4v) is 3.78. The van der Waals surface area contributed by atoms with Crippen LogP contribution in [0.4, 0.5) is 5.13 Å². The van der Waals surface area contributed by atoms with Crippen molar-refractivity contribution in [3.63, 3.8) is 0 Å². The summed E-state index contributed by atoms with van der Waals surface area (Å²) in [6, 6.07) is 11.3. The fourth-order valence-electron chi connectivity index (χ4n) is 3.06. The number of rotatable bonds is 6. The molecule has 2 amide bonds. The molecule has 0 fully saturated rings. The number of ether oxygens (including phenoxy) is 1. The number of carbonyl (C=O) groups is 2. The van der Waals surface area contributed by atoms with Crippen molar-refractivity contribution >= 4 is 39.1 Å². The average Bonchev–Trinajstić information content (AvgIpc) is 3.12. The number of hydrogen-bond acceptors (Lipinski definition) is 5. The van der Waals surface area contributed by atoms with Gasteiger partial charge in [-0.05, 0) is 23.4 Å². The predicted octanol–water partition coefficient (Wildman–Crippen LogP) is 4.07. The molecular formula is C21H23N3O3S. The van der Waals surface area contributed by atoms with Crippen molar-refractivity contribution in [1.82, 2.24) is 10.3 Å². The van der Waals surface area contributed by atoms with Gasteiger partial charge in [-0.15, -0.1) is 11.3 Å². The molecule has 1 aromatic heterocycles. The number of hydrogen-bond donors (Lipinski definition) is 2. The Balaban J connectivity index is 1.88. The summed E-state index contributed by atoms with van der Waals surface area (Å²) < 4.78 is 5.45. The summed E-state index contributed by atoms with van der Waals surface area (Å²) >= 11 is 1.35. The van der Waals surface area contributed by atoms with E-state index >= 15 is 0 Å². The molecule has 1 heterocycles. The third kappa shape index (κ3) is 4.14. The van der Waals surface area contributed by atoms with Crippen LogP contribution < -0.4 is 15.4 Å². The van der Waals surface area contributed by atoms with E-state index in [4.69, 9.17) is 4.74 Å². The Morgan fingerprint density at radius 2 is 1.82 bits per heavy atom. The van der Waals surface area contributed by atoms with Crippen LogP contribution in [0.15, 0.2) is 41.8 Å². The van der Waals surface area contributed by atoms with Crippen molar-refractivity contribution in [1.29, 1.82) is 0 Å². The van der Waals surface area contributed by atoms with E-state index in [1.165, 1.54) is 18.3 Å². The topological polar surface area (TPSA) is 80.3 Å². The number of carbonyl (C=O) groups excluding carboxylic acids is 2. The van der Waals surface area contributed by atoms with E-state index in [0.29, 0.717) is 5.13 Å². The molecule has 0 aliphatic carbocycles. The quantitative estimate of drug-likeness (QED) is 0.657. The maximum Gasteiger partial charge on any atom is 0.248 e. The third-order valence-electron chi connectivity index (χ3n) is 4.42. The fraction of sp³-hybridized carbons (Fsp3) is 0.286. The Labute approximate surface area is 167 Å². The predicted molar refractivity (Wildman–Crippen MR) is 113 cm³/mol. The molecule has 0 aliphatic heterocycles. The summed E-state index contributed by atoms with van der Waals surface area (Å²) in [6.45, 7) is 5.17. The van der Waals surface area contributed by atoms with Crippen LogP contribution in [0.2, 0.25) is 0 Å². The van der Waals surface area contributed by atoms with E-state index in [2.05, 4.69) is 15.6 Å². The van der Waals surface area contributed by atoms with Gasteiger partial charge >= 0.3 is 0 Å². The van der Waals surface area contributed by atoms with Gasteiger partial charge in [-0.25, -0.2) is 4.98 Å². The van der Waals surface area contributed by atoms with E-state index in [-0.39, 0.29) is 17.7 Å². The molecule has 0 saturated carbocycles. The normalized spacial score (nSPS) is 12.0. The maximum atomic E-state index is 12.6.